The molecule has 3 nitrogen and oxygen atoms in total. The molecule has 1 fully saturated rings. The SMILES string of the molecule is CC(C)CC1(CC(C)C)CN=C(N)N1CC1CC1. The van der Waals surface area contributed by atoms with Crippen LogP contribution in [0.5, 0.6) is 0 Å². The molecule has 0 radical (unpaired) electrons. The second-order valence-corrected chi connectivity index (χ2v) is 7.15. The first-order valence-corrected chi connectivity index (χ1v) is 7.50. The molecule has 1 aliphatic carbocycles. The Morgan fingerprint density at radius 2 is 1.78 bits per heavy atom. The molecule has 3 heteroatoms. The van der Waals surface area contributed by atoms with Crippen molar-refractivity contribution in [2.45, 2.75) is 58.9 Å². The van der Waals surface area contributed by atoms with Crippen molar-refractivity contribution in [1.82, 2.24) is 4.90 Å². The van der Waals surface area contributed by atoms with Gasteiger partial charge >= 0.3 is 0 Å². The monoisotopic (exact) mass is 251 g/mol. The Morgan fingerprint density at radius 3 is 2.22 bits per heavy atom. The number of nitrogens with zero attached hydrogens (tertiary/aromatic N) is 2. The van der Waals surface area contributed by atoms with E-state index in [4.69, 9.17) is 5.73 Å². The van der Waals surface area contributed by atoms with Gasteiger partial charge in [-0.1, -0.05) is 27.7 Å². The molecule has 0 bridgehead atoms. The molecule has 104 valence electrons. The van der Waals surface area contributed by atoms with Crippen LogP contribution in [0.1, 0.15) is 53.4 Å². The molecule has 0 aromatic heterocycles. The molecule has 0 spiro atoms. The van der Waals surface area contributed by atoms with Gasteiger partial charge in [0.2, 0.25) is 0 Å². The van der Waals surface area contributed by atoms with Gasteiger partial charge in [0.05, 0.1) is 12.1 Å². The van der Waals surface area contributed by atoms with Gasteiger partial charge in [-0.15, -0.1) is 0 Å². The summed E-state index contributed by atoms with van der Waals surface area (Å²) in [5.41, 5.74) is 6.36. The standard InChI is InChI=1S/C15H29N3/c1-11(2)7-15(8-12(3)4)10-17-14(16)18(15)9-13-5-6-13/h11-13H,5-10H2,1-4H3,(H2,16,17). The molecule has 2 N–H and O–H groups in total. The highest BCUT2D eigenvalue weighted by Crippen LogP contribution is 2.39. The molecule has 1 aliphatic heterocycles. The van der Waals surface area contributed by atoms with Crippen LogP contribution in [0.25, 0.3) is 0 Å². The summed E-state index contributed by atoms with van der Waals surface area (Å²) in [4.78, 5) is 7.03. The Labute approximate surface area is 112 Å². The summed E-state index contributed by atoms with van der Waals surface area (Å²) in [6, 6.07) is 0. The molecule has 1 saturated carbocycles. The van der Waals surface area contributed by atoms with E-state index in [1.165, 1.54) is 25.7 Å². The predicted molar refractivity (Wildman–Crippen MR) is 77.6 cm³/mol. The molecule has 1 heterocycles. The Balaban J connectivity index is 2.14. The van der Waals surface area contributed by atoms with Gasteiger partial charge in [0.25, 0.3) is 0 Å². The van der Waals surface area contributed by atoms with Crippen molar-refractivity contribution < 1.29 is 0 Å². The smallest absolute Gasteiger partial charge is 0.191 e. The molecular formula is C15H29N3. The molecule has 0 atom stereocenters. The van der Waals surface area contributed by atoms with Gasteiger partial charge in [0, 0.05) is 6.54 Å². The fourth-order valence-corrected chi connectivity index (χ4v) is 3.44. The number of hydrogen-bond donors (Lipinski definition) is 1. The number of guanidine groups is 1. The molecule has 18 heavy (non-hydrogen) atoms. The summed E-state index contributed by atoms with van der Waals surface area (Å²) in [6.45, 7) is 11.3. The first-order chi connectivity index (χ1) is 8.43. The summed E-state index contributed by atoms with van der Waals surface area (Å²) in [5, 5.41) is 0. The summed E-state index contributed by atoms with van der Waals surface area (Å²) < 4.78 is 0. The molecule has 0 unspecified atom stereocenters. The first kappa shape index (κ1) is 13.7. The molecule has 2 rings (SSSR count). The van der Waals surface area contributed by atoms with Gasteiger partial charge in [-0.05, 0) is 43.4 Å². The zero-order chi connectivity index (χ0) is 13.3. The van der Waals surface area contributed by atoms with Crippen molar-refractivity contribution in [2.75, 3.05) is 13.1 Å². The maximum atomic E-state index is 6.16. The number of aliphatic imine (C=N–C) groups is 1. The second-order valence-electron chi connectivity index (χ2n) is 7.15. The van der Waals surface area contributed by atoms with Crippen LogP contribution in [0, 0.1) is 17.8 Å². The van der Waals surface area contributed by atoms with Gasteiger partial charge in [-0.3, -0.25) is 4.99 Å². The van der Waals surface area contributed by atoms with Crippen LogP contribution < -0.4 is 5.73 Å². The summed E-state index contributed by atoms with van der Waals surface area (Å²) in [6.07, 6.45) is 5.18. The van der Waals surface area contributed by atoms with Gasteiger partial charge < -0.3 is 10.6 Å². The Hall–Kier alpha value is -0.730. The molecule has 0 amide bonds. The highest BCUT2D eigenvalue weighted by Gasteiger charge is 2.44. The highest BCUT2D eigenvalue weighted by molar-refractivity contribution is 5.81. The molecule has 0 aromatic rings. The third-order valence-electron chi connectivity index (χ3n) is 4.10. The topological polar surface area (TPSA) is 41.6 Å². The van der Waals surface area contributed by atoms with E-state index >= 15 is 0 Å². The van der Waals surface area contributed by atoms with Gasteiger partial charge in [0.15, 0.2) is 5.96 Å². The lowest BCUT2D eigenvalue weighted by Crippen LogP contribution is -2.53. The van der Waals surface area contributed by atoms with Crippen molar-refractivity contribution in [2.24, 2.45) is 28.5 Å². The third kappa shape index (κ3) is 2.99. The Morgan fingerprint density at radius 1 is 1.22 bits per heavy atom. The normalized spacial score (nSPS) is 23.0. The number of hydrogen-bond acceptors (Lipinski definition) is 3. The van der Waals surface area contributed by atoms with Crippen LogP contribution in [0.2, 0.25) is 0 Å². The summed E-state index contributed by atoms with van der Waals surface area (Å²) >= 11 is 0. The lowest BCUT2D eigenvalue weighted by molar-refractivity contribution is 0.131. The van der Waals surface area contributed by atoms with Crippen LogP contribution >= 0.6 is 0 Å². The van der Waals surface area contributed by atoms with E-state index in [0.717, 1.165) is 25.0 Å². The maximum Gasteiger partial charge on any atom is 0.191 e. The quantitative estimate of drug-likeness (QED) is 0.788. The average molecular weight is 251 g/mol. The fraction of sp³-hybridized carbons (Fsp3) is 0.933. The van der Waals surface area contributed by atoms with Crippen LogP contribution in [0.3, 0.4) is 0 Å². The highest BCUT2D eigenvalue weighted by atomic mass is 15.4. The van der Waals surface area contributed by atoms with Gasteiger partial charge in [-0.2, -0.15) is 0 Å². The Bertz CT molecular complexity index is 306. The second kappa shape index (κ2) is 5.10. The van der Waals surface area contributed by atoms with E-state index in [-0.39, 0.29) is 5.54 Å². The molecule has 2 aliphatic rings. The van der Waals surface area contributed by atoms with Crippen molar-refractivity contribution in [1.29, 1.82) is 0 Å². The van der Waals surface area contributed by atoms with E-state index in [1.807, 2.05) is 0 Å². The lowest BCUT2D eigenvalue weighted by atomic mass is 9.81. The van der Waals surface area contributed by atoms with E-state index in [9.17, 15) is 0 Å². The van der Waals surface area contributed by atoms with Crippen LogP contribution in [-0.4, -0.2) is 29.5 Å². The Kier molecular flexibility index (Phi) is 3.88. The van der Waals surface area contributed by atoms with E-state index in [2.05, 4.69) is 37.6 Å². The zero-order valence-corrected chi connectivity index (χ0v) is 12.4. The largest absolute Gasteiger partial charge is 0.370 e. The fourth-order valence-electron chi connectivity index (χ4n) is 3.44. The third-order valence-corrected chi connectivity index (χ3v) is 4.10. The van der Waals surface area contributed by atoms with Gasteiger partial charge in [-0.25, -0.2) is 0 Å². The van der Waals surface area contributed by atoms with Crippen molar-refractivity contribution in [3.05, 3.63) is 0 Å². The maximum absolute atomic E-state index is 6.16. The lowest BCUT2D eigenvalue weighted by Gasteiger charge is -2.42. The van der Waals surface area contributed by atoms with E-state index in [0.29, 0.717) is 11.8 Å². The van der Waals surface area contributed by atoms with Crippen LogP contribution in [-0.2, 0) is 0 Å². The summed E-state index contributed by atoms with van der Waals surface area (Å²) in [7, 11) is 0. The van der Waals surface area contributed by atoms with Crippen LogP contribution in [0.15, 0.2) is 4.99 Å². The minimum absolute atomic E-state index is 0.203. The van der Waals surface area contributed by atoms with Crippen molar-refractivity contribution in [3.8, 4) is 0 Å². The zero-order valence-electron chi connectivity index (χ0n) is 12.4. The first-order valence-electron chi connectivity index (χ1n) is 7.50. The predicted octanol–water partition coefficient (Wildman–Crippen LogP) is 2.86. The van der Waals surface area contributed by atoms with Crippen molar-refractivity contribution in [3.63, 3.8) is 0 Å². The molecular weight excluding hydrogens is 222 g/mol. The summed E-state index contributed by atoms with van der Waals surface area (Å²) in [5.74, 6) is 3.07. The molecule has 0 saturated heterocycles. The molecule has 0 aromatic carbocycles. The van der Waals surface area contributed by atoms with Crippen LogP contribution in [0.4, 0.5) is 0 Å². The van der Waals surface area contributed by atoms with E-state index in [1.54, 1.807) is 0 Å². The average Bonchev–Trinajstić information content (AvgIpc) is 2.99. The minimum Gasteiger partial charge on any atom is -0.370 e. The van der Waals surface area contributed by atoms with Crippen molar-refractivity contribution >= 4 is 5.96 Å². The number of nitrogens with two attached hydrogens (primary N) is 1. The minimum atomic E-state index is 0.203. The van der Waals surface area contributed by atoms with E-state index < -0.39 is 0 Å². The number of rotatable bonds is 6. The van der Waals surface area contributed by atoms with Gasteiger partial charge in [0.1, 0.15) is 0 Å².